The predicted octanol–water partition coefficient (Wildman–Crippen LogP) is 4.76. The molecule has 0 radical (unpaired) electrons. The second kappa shape index (κ2) is 7.88. The number of benzene rings is 2. The lowest BCUT2D eigenvalue weighted by molar-refractivity contribution is 0.102. The maximum absolute atomic E-state index is 12.9. The third-order valence-electron chi connectivity index (χ3n) is 4.72. The normalized spacial score (nSPS) is 10.7. The Balaban J connectivity index is 1.90. The molecule has 0 aliphatic carbocycles. The second-order valence-electron chi connectivity index (χ2n) is 6.34. The van der Waals surface area contributed by atoms with Crippen LogP contribution in [0.1, 0.15) is 27.2 Å². The van der Waals surface area contributed by atoms with Crippen molar-refractivity contribution in [3.63, 3.8) is 0 Å². The third kappa shape index (κ3) is 3.85. The van der Waals surface area contributed by atoms with E-state index in [2.05, 4.69) is 21.2 Å². The van der Waals surface area contributed by atoms with Gasteiger partial charge in [-0.25, -0.2) is 0 Å². The van der Waals surface area contributed by atoms with Crippen molar-refractivity contribution in [1.29, 1.82) is 0 Å². The number of carbonyl (C=O) groups is 1. The summed E-state index contributed by atoms with van der Waals surface area (Å²) in [5.74, 6) is 1.06. The zero-order chi connectivity index (χ0) is 19.6. The van der Waals surface area contributed by atoms with E-state index in [0.29, 0.717) is 23.6 Å². The molecule has 0 aliphatic heterocycles. The van der Waals surface area contributed by atoms with E-state index >= 15 is 0 Å². The van der Waals surface area contributed by atoms with E-state index in [1.807, 2.05) is 66.9 Å². The van der Waals surface area contributed by atoms with Gasteiger partial charge >= 0.3 is 0 Å². The van der Waals surface area contributed by atoms with E-state index in [4.69, 9.17) is 10.5 Å². The number of para-hydroxylation sites is 1. The van der Waals surface area contributed by atoms with Crippen LogP contribution in [0.2, 0.25) is 0 Å². The predicted molar refractivity (Wildman–Crippen MR) is 113 cm³/mol. The van der Waals surface area contributed by atoms with E-state index in [0.717, 1.165) is 27.0 Å². The lowest BCUT2D eigenvalue weighted by Crippen LogP contribution is -2.15. The molecular formula is C21H22BrN3O2. The molecule has 0 atom stereocenters. The fourth-order valence-corrected chi connectivity index (χ4v) is 3.43. The summed E-state index contributed by atoms with van der Waals surface area (Å²) >= 11 is 3.45. The van der Waals surface area contributed by atoms with Crippen LogP contribution < -0.4 is 15.8 Å². The van der Waals surface area contributed by atoms with Gasteiger partial charge in [-0.1, -0.05) is 24.3 Å². The molecule has 0 fully saturated rings. The summed E-state index contributed by atoms with van der Waals surface area (Å²) in [7, 11) is 1.64. The maximum atomic E-state index is 12.9. The van der Waals surface area contributed by atoms with Crippen molar-refractivity contribution >= 4 is 33.3 Å². The maximum Gasteiger partial charge on any atom is 0.259 e. The average Bonchev–Trinajstić information content (AvgIpc) is 2.87. The highest BCUT2D eigenvalue weighted by atomic mass is 79.9. The van der Waals surface area contributed by atoms with Crippen molar-refractivity contribution in [3.05, 3.63) is 75.4 Å². The molecule has 0 saturated carbocycles. The van der Waals surface area contributed by atoms with E-state index in [1.165, 1.54) is 0 Å². The van der Waals surface area contributed by atoms with Gasteiger partial charge in [-0.3, -0.25) is 4.79 Å². The highest BCUT2D eigenvalue weighted by Gasteiger charge is 2.22. The van der Waals surface area contributed by atoms with Crippen LogP contribution in [0.3, 0.4) is 0 Å². The number of methoxy groups -OCH3 is 1. The Morgan fingerprint density at radius 1 is 1.15 bits per heavy atom. The highest BCUT2D eigenvalue weighted by Crippen LogP contribution is 2.28. The SMILES string of the molecule is COc1ccc(Cn2c(C)c(C)c(C(=O)Nc3ccccc3Br)c2N)cc1. The van der Waals surface area contributed by atoms with E-state index < -0.39 is 0 Å². The second-order valence-corrected chi connectivity index (χ2v) is 7.19. The van der Waals surface area contributed by atoms with Crippen LogP contribution in [0.15, 0.2) is 53.0 Å². The van der Waals surface area contributed by atoms with Gasteiger partial charge in [-0.15, -0.1) is 0 Å². The number of nitrogens with zero attached hydrogens (tertiary/aromatic N) is 1. The molecule has 0 unspecified atom stereocenters. The number of nitrogens with two attached hydrogens (primary N) is 1. The highest BCUT2D eigenvalue weighted by molar-refractivity contribution is 9.10. The smallest absolute Gasteiger partial charge is 0.259 e. The average molecular weight is 428 g/mol. The van der Waals surface area contributed by atoms with Crippen molar-refractivity contribution in [1.82, 2.24) is 4.57 Å². The summed E-state index contributed by atoms with van der Waals surface area (Å²) in [6, 6.07) is 15.3. The molecule has 1 heterocycles. The number of nitrogen functional groups attached to an aromatic ring is 1. The Morgan fingerprint density at radius 2 is 1.81 bits per heavy atom. The minimum absolute atomic E-state index is 0.214. The Morgan fingerprint density at radius 3 is 2.44 bits per heavy atom. The van der Waals surface area contributed by atoms with Crippen molar-refractivity contribution in [2.75, 3.05) is 18.2 Å². The number of aromatic nitrogens is 1. The fourth-order valence-electron chi connectivity index (χ4n) is 3.04. The first kappa shape index (κ1) is 19.0. The number of amides is 1. The van der Waals surface area contributed by atoms with Crippen LogP contribution in [0, 0.1) is 13.8 Å². The first-order valence-electron chi connectivity index (χ1n) is 8.56. The number of anilines is 2. The minimum Gasteiger partial charge on any atom is -0.497 e. The van der Waals surface area contributed by atoms with Gasteiger partial charge in [0.1, 0.15) is 11.6 Å². The van der Waals surface area contributed by atoms with Crippen LogP contribution in [0.5, 0.6) is 5.75 Å². The van der Waals surface area contributed by atoms with Crippen LogP contribution in [-0.4, -0.2) is 17.6 Å². The molecule has 140 valence electrons. The summed E-state index contributed by atoms with van der Waals surface area (Å²) < 4.78 is 7.99. The monoisotopic (exact) mass is 427 g/mol. The minimum atomic E-state index is -0.214. The Bertz CT molecular complexity index is 978. The zero-order valence-corrected chi connectivity index (χ0v) is 17.1. The summed E-state index contributed by atoms with van der Waals surface area (Å²) in [5, 5.41) is 2.93. The number of halogens is 1. The van der Waals surface area contributed by atoms with Crippen LogP contribution in [-0.2, 0) is 6.54 Å². The summed E-state index contributed by atoms with van der Waals surface area (Å²) in [4.78, 5) is 12.9. The Labute approximate surface area is 167 Å². The fraction of sp³-hybridized carbons (Fsp3) is 0.190. The quantitative estimate of drug-likeness (QED) is 0.616. The third-order valence-corrected chi connectivity index (χ3v) is 5.41. The number of ether oxygens (including phenoxy) is 1. The molecule has 1 amide bonds. The molecule has 6 heteroatoms. The van der Waals surface area contributed by atoms with E-state index in [1.54, 1.807) is 7.11 Å². The van der Waals surface area contributed by atoms with Crippen LogP contribution in [0.25, 0.3) is 0 Å². The molecule has 0 saturated heterocycles. The van der Waals surface area contributed by atoms with Crippen molar-refractivity contribution in [3.8, 4) is 5.75 Å². The number of rotatable bonds is 5. The Hall–Kier alpha value is -2.73. The van der Waals surface area contributed by atoms with E-state index in [-0.39, 0.29) is 5.91 Å². The van der Waals surface area contributed by atoms with Gasteiger partial charge in [0.25, 0.3) is 5.91 Å². The molecule has 0 aliphatic rings. The van der Waals surface area contributed by atoms with Gasteiger partial charge in [-0.2, -0.15) is 0 Å². The number of hydrogen-bond donors (Lipinski definition) is 2. The largest absolute Gasteiger partial charge is 0.497 e. The molecule has 0 bridgehead atoms. The molecule has 3 aromatic rings. The van der Waals surface area contributed by atoms with Crippen LogP contribution in [0.4, 0.5) is 11.5 Å². The molecule has 27 heavy (non-hydrogen) atoms. The molecule has 0 spiro atoms. The van der Waals surface area contributed by atoms with Gasteiger partial charge in [0.15, 0.2) is 0 Å². The van der Waals surface area contributed by atoms with Crippen molar-refractivity contribution < 1.29 is 9.53 Å². The van der Waals surface area contributed by atoms with Crippen molar-refractivity contribution in [2.45, 2.75) is 20.4 Å². The number of nitrogens with one attached hydrogen (secondary N) is 1. The van der Waals surface area contributed by atoms with Crippen LogP contribution >= 0.6 is 15.9 Å². The van der Waals surface area contributed by atoms with Gasteiger partial charge < -0.3 is 20.4 Å². The lowest BCUT2D eigenvalue weighted by Gasteiger charge is -2.11. The summed E-state index contributed by atoms with van der Waals surface area (Å²) in [6.07, 6.45) is 0. The summed E-state index contributed by atoms with van der Waals surface area (Å²) in [5.41, 5.74) is 10.5. The van der Waals surface area contributed by atoms with Gasteiger partial charge in [0.2, 0.25) is 0 Å². The van der Waals surface area contributed by atoms with E-state index in [9.17, 15) is 4.79 Å². The summed E-state index contributed by atoms with van der Waals surface area (Å²) in [6.45, 7) is 4.49. The van der Waals surface area contributed by atoms with Gasteiger partial charge in [0.05, 0.1) is 18.4 Å². The van der Waals surface area contributed by atoms with Crippen molar-refractivity contribution in [2.24, 2.45) is 0 Å². The molecule has 1 aromatic heterocycles. The molecule has 3 rings (SSSR count). The lowest BCUT2D eigenvalue weighted by atomic mass is 10.1. The van der Waals surface area contributed by atoms with Gasteiger partial charge in [-0.05, 0) is 65.2 Å². The molecule has 2 aromatic carbocycles. The zero-order valence-electron chi connectivity index (χ0n) is 15.5. The first-order valence-corrected chi connectivity index (χ1v) is 9.35. The molecule has 5 nitrogen and oxygen atoms in total. The topological polar surface area (TPSA) is 69.3 Å². The molecular weight excluding hydrogens is 406 g/mol. The number of carbonyl (C=O) groups excluding carboxylic acids is 1. The van der Waals surface area contributed by atoms with Gasteiger partial charge in [0, 0.05) is 16.7 Å². The molecule has 3 N–H and O–H groups in total. The first-order chi connectivity index (χ1) is 12.9. The Kier molecular flexibility index (Phi) is 5.56. The number of hydrogen-bond acceptors (Lipinski definition) is 3. The standard InChI is InChI=1S/C21H22BrN3O2/c1-13-14(2)25(12-15-8-10-16(27-3)11-9-15)20(23)19(13)21(26)24-18-7-5-4-6-17(18)22/h4-11H,12,23H2,1-3H3,(H,24,26).